The van der Waals surface area contributed by atoms with Gasteiger partial charge in [0.25, 0.3) is 0 Å². The second-order valence-electron chi connectivity index (χ2n) is 9.02. The lowest BCUT2D eigenvalue weighted by Gasteiger charge is -2.08. The molecule has 6 aromatic rings. The number of aromatic nitrogens is 4. The van der Waals surface area contributed by atoms with Crippen LogP contribution in [0.2, 0.25) is 0 Å². The van der Waals surface area contributed by atoms with Gasteiger partial charge in [0.15, 0.2) is 0 Å². The molecule has 0 radical (unpaired) electrons. The van der Waals surface area contributed by atoms with Crippen molar-refractivity contribution in [3.8, 4) is 17.2 Å². The summed E-state index contributed by atoms with van der Waals surface area (Å²) in [6.07, 6.45) is 8.26. The first kappa shape index (κ1) is 28.7. The normalized spacial score (nSPS) is 10.3. The highest BCUT2D eigenvalue weighted by Crippen LogP contribution is 2.26. The predicted octanol–water partition coefficient (Wildman–Crippen LogP) is 7.63. The van der Waals surface area contributed by atoms with Crippen molar-refractivity contribution < 1.29 is 14.2 Å². The first-order valence-electron chi connectivity index (χ1n) is 12.7. The van der Waals surface area contributed by atoms with E-state index < -0.39 is 0 Å². The Morgan fingerprint density at radius 3 is 2.05 bits per heavy atom. The molecule has 0 aliphatic heterocycles. The van der Waals surface area contributed by atoms with Gasteiger partial charge in [-0.1, -0.05) is 22.0 Å². The van der Waals surface area contributed by atoms with Crippen LogP contribution in [0.15, 0.2) is 91.5 Å². The zero-order valence-electron chi connectivity index (χ0n) is 23.1. The van der Waals surface area contributed by atoms with Crippen molar-refractivity contribution in [2.45, 2.75) is 18.7 Å². The Bertz CT molecular complexity index is 1590. The summed E-state index contributed by atoms with van der Waals surface area (Å²) in [7, 11) is 5.01. The first-order chi connectivity index (χ1) is 19.5. The van der Waals surface area contributed by atoms with Crippen LogP contribution in [-0.2, 0) is 11.8 Å². The number of benzene rings is 2. The van der Waals surface area contributed by atoms with Crippen molar-refractivity contribution >= 4 is 38.0 Å². The number of hydrogen-bond donors (Lipinski definition) is 2. The molecule has 40 heavy (non-hydrogen) atoms. The predicted molar refractivity (Wildman–Crippen MR) is 165 cm³/mol. The van der Waals surface area contributed by atoms with Crippen LogP contribution in [0.1, 0.15) is 22.3 Å². The Hall–Kier alpha value is -4.30. The van der Waals surface area contributed by atoms with Gasteiger partial charge in [-0.15, -0.1) is 0 Å². The number of nitrogens with one attached hydrogen (secondary N) is 2. The highest BCUT2D eigenvalue weighted by molar-refractivity contribution is 9.08. The molecule has 0 unspecified atom stereocenters. The number of alkyl halides is 1. The van der Waals surface area contributed by atoms with Crippen molar-refractivity contribution in [2.75, 3.05) is 21.3 Å². The molecule has 2 N–H and O–H groups in total. The zero-order chi connectivity index (χ0) is 28.3. The molecule has 0 aliphatic rings. The fourth-order valence-electron chi connectivity index (χ4n) is 4.25. The van der Waals surface area contributed by atoms with E-state index in [0.29, 0.717) is 0 Å². The van der Waals surface area contributed by atoms with Crippen LogP contribution in [0.4, 0.5) is 0 Å². The number of hydrogen-bond acceptors (Lipinski definition) is 5. The lowest BCUT2D eigenvalue weighted by atomic mass is 10.0. The molecule has 0 aliphatic carbocycles. The summed E-state index contributed by atoms with van der Waals surface area (Å²) in [5.41, 5.74) is 6.71. The number of fused-ring (bicyclic) bond motifs is 2. The van der Waals surface area contributed by atoms with E-state index in [2.05, 4.69) is 54.9 Å². The maximum absolute atomic E-state index is 5.30. The number of aromatic amines is 2. The van der Waals surface area contributed by atoms with Gasteiger partial charge in [-0.05, 0) is 90.2 Å². The summed E-state index contributed by atoms with van der Waals surface area (Å²) in [6.45, 7) is 2.06. The van der Waals surface area contributed by atoms with E-state index >= 15 is 0 Å². The van der Waals surface area contributed by atoms with Crippen LogP contribution >= 0.6 is 15.9 Å². The van der Waals surface area contributed by atoms with Gasteiger partial charge in [0.2, 0.25) is 0 Å². The van der Waals surface area contributed by atoms with Gasteiger partial charge < -0.3 is 24.2 Å². The summed E-state index contributed by atoms with van der Waals surface area (Å²) in [5, 5.41) is 3.19. The molecule has 7 nitrogen and oxygen atoms in total. The SMILES string of the molecule is COc1cc(C)cc(CBr)c1.COc1cc(Cc2c[nH]c3ncccc23)cc(OC)c1.c1cnc2[nH]ccc2c1. The third-order valence-electron chi connectivity index (χ3n) is 6.17. The number of rotatable bonds is 6. The number of H-pyrrole nitrogens is 2. The summed E-state index contributed by atoms with van der Waals surface area (Å²) in [5.74, 6) is 2.54. The van der Waals surface area contributed by atoms with Crippen molar-refractivity contribution in [2.24, 2.45) is 0 Å². The summed E-state index contributed by atoms with van der Waals surface area (Å²) >= 11 is 3.40. The van der Waals surface area contributed by atoms with Gasteiger partial charge in [-0.3, -0.25) is 0 Å². The number of halogens is 1. The molecule has 0 bridgehead atoms. The van der Waals surface area contributed by atoms with Gasteiger partial charge in [-0.25, -0.2) is 9.97 Å². The van der Waals surface area contributed by atoms with Crippen molar-refractivity contribution in [3.63, 3.8) is 0 Å². The van der Waals surface area contributed by atoms with Crippen molar-refractivity contribution in [3.05, 3.63) is 114 Å². The minimum absolute atomic E-state index is 0.803. The van der Waals surface area contributed by atoms with Crippen LogP contribution in [-0.4, -0.2) is 41.3 Å². The number of ether oxygens (including phenoxy) is 3. The average molecular weight is 602 g/mol. The Morgan fingerprint density at radius 2 is 1.38 bits per heavy atom. The molecule has 4 heterocycles. The van der Waals surface area contributed by atoms with Crippen molar-refractivity contribution in [1.82, 2.24) is 19.9 Å². The van der Waals surface area contributed by atoms with E-state index in [9.17, 15) is 0 Å². The fraction of sp³-hybridized carbons (Fsp3) is 0.188. The Balaban J connectivity index is 0.000000155. The lowest BCUT2D eigenvalue weighted by molar-refractivity contribution is 0.393. The Kier molecular flexibility index (Phi) is 10.2. The second-order valence-corrected chi connectivity index (χ2v) is 9.58. The van der Waals surface area contributed by atoms with Gasteiger partial charge in [0, 0.05) is 47.0 Å². The van der Waals surface area contributed by atoms with Crippen LogP contribution in [0, 0.1) is 6.92 Å². The van der Waals surface area contributed by atoms with Gasteiger partial charge in [-0.2, -0.15) is 0 Å². The molecular weight excluding hydrogens is 568 g/mol. The van der Waals surface area contributed by atoms with Crippen LogP contribution in [0.3, 0.4) is 0 Å². The highest BCUT2D eigenvalue weighted by Gasteiger charge is 2.07. The molecule has 0 spiro atoms. The van der Waals surface area contributed by atoms with E-state index in [-0.39, 0.29) is 0 Å². The molecular formula is C32H33BrN4O3. The second kappa shape index (κ2) is 14.2. The minimum Gasteiger partial charge on any atom is -0.497 e. The molecule has 2 aromatic carbocycles. The third kappa shape index (κ3) is 7.64. The topological polar surface area (TPSA) is 85.1 Å². The van der Waals surface area contributed by atoms with Gasteiger partial charge in [0.05, 0.1) is 21.3 Å². The smallest absolute Gasteiger partial charge is 0.137 e. The molecule has 6 rings (SSSR count). The lowest BCUT2D eigenvalue weighted by Crippen LogP contribution is -1.92. The quantitative estimate of drug-likeness (QED) is 0.192. The largest absolute Gasteiger partial charge is 0.497 e. The number of methoxy groups -OCH3 is 3. The molecule has 206 valence electrons. The maximum atomic E-state index is 5.30. The molecule has 0 saturated heterocycles. The van der Waals surface area contributed by atoms with E-state index in [1.165, 1.54) is 16.7 Å². The summed E-state index contributed by atoms with van der Waals surface area (Å²) < 4.78 is 15.7. The minimum atomic E-state index is 0.803. The van der Waals surface area contributed by atoms with E-state index in [1.807, 2.05) is 67.0 Å². The zero-order valence-corrected chi connectivity index (χ0v) is 24.7. The van der Waals surface area contributed by atoms with Crippen LogP contribution < -0.4 is 14.2 Å². The van der Waals surface area contributed by atoms with Gasteiger partial charge >= 0.3 is 0 Å². The standard InChI is InChI=1S/C16H16N2O2.C9H11BrO.C7H6N2/c1-19-13-7-11(8-14(9-13)20-2)6-12-10-18-16-15(12)4-3-5-17-16;1-7-3-8(6-10)5-9(4-7)11-2;1-2-6-3-5-9-7(6)8-4-1/h3-5,7-10H,6H2,1-2H3,(H,17,18);3-5H,6H2,1-2H3;1-5H,(H,8,9). The van der Waals surface area contributed by atoms with E-state index in [1.54, 1.807) is 33.7 Å². The molecule has 0 atom stereocenters. The van der Waals surface area contributed by atoms with Crippen LogP contribution in [0.5, 0.6) is 17.2 Å². The van der Waals surface area contributed by atoms with Crippen LogP contribution in [0.25, 0.3) is 22.1 Å². The molecule has 0 saturated carbocycles. The average Bonchev–Trinajstić information content (AvgIpc) is 3.64. The summed E-state index contributed by atoms with van der Waals surface area (Å²) in [4.78, 5) is 14.6. The van der Waals surface area contributed by atoms with Crippen molar-refractivity contribution in [1.29, 1.82) is 0 Å². The number of aryl methyl sites for hydroxylation is 1. The maximum Gasteiger partial charge on any atom is 0.137 e. The van der Waals surface area contributed by atoms with E-state index in [4.69, 9.17) is 14.2 Å². The first-order valence-corrected chi connectivity index (χ1v) is 13.9. The third-order valence-corrected chi connectivity index (χ3v) is 6.81. The molecule has 0 fully saturated rings. The Morgan fingerprint density at radius 1 is 0.725 bits per heavy atom. The van der Waals surface area contributed by atoms with E-state index in [0.717, 1.165) is 56.6 Å². The molecule has 0 amide bonds. The number of pyridine rings is 2. The Labute approximate surface area is 242 Å². The number of nitrogens with zero attached hydrogens (tertiary/aromatic N) is 2. The highest BCUT2D eigenvalue weighted by atomic mass is 79.9. The fourth-order valence-corrected chi connectivity index (χ4v) is 4.57. The van der Waals surface area contributed by atoms with Gasteiger partial charge in [0.1, 0.15) is 28.5 Å². The monoisotopic (exact) mass is 600 g/mol. The summed E-state index contributed by atoms with van der Waals surface area (Å²) in [6, 6.07) is 22.1. The molecule has 8 heteroatoms. The molecule has 4 aromatic heterocycles.